The Morgan fingerprint density at radius 3 is 2.00 bits per heavy atom. The third kappa shape index (κ3) is 5.32. The zero-order valence-corrected chi connectivity index (χ0v) is 13.9. The lowest BCUT2D eigenvalue weighted by Gasteiger charge is -2.30. The molecule has 0 heterocycles. The molecule has 6 nitrogen and oxygen atoms in total. The van der Waals surface area contributed by atoms with Gasteiger partial charge in [0.25, 0.3) is 0 Å². The molecule has 0 aromatic heterocycles. The van der Waals surface area contributed by atoms with E-state index in [1.54, 1.807) is 36.4 Å². The van der Waals surface area contributed by atoms with Gasteiger partial charge in [0.2, 0.25) is 0 Å². The highest BCUT2D eigenvalue weighted by atomic mass is 16.6. The van der Waals surface area contributed by atoms with Crippen LogP contribution in [0.5, 0.6) is 0 Å². The molecule has 0 saturated heterocycles. The van der Waals surface area contributed by atoms with E-state index in [0.29, 0.717) is 0 Å². The molecule has 1 amide bonds. The van der Waals surface area contributed by atoms with Crippen LogP contribution in [0.25, 0.3) is 0 Å². The van der Waals surface area contributed by atoms with Crippen molar-refractivity contribution in [2.24, 2.45) is 0 Å². The minimum absolute atomic E-state index is 0.0241. The number of rotatable bonds is 7. The van der Waals surface area contributed by atoms with E-state index in [9.17, 15) is 19.8 Å². The molecule has 0 fully saturated rings. The smallest absolute Gasteiger partial charge is 0.411 e. The summed E-state index contributed by atoms with van der Waals surface area (Å²) in [5, 5.41) is 19.3. The summed E-state index contributed by atoms with van der Waals surface area (Å²) in [5.41, 5.74) is 1.53. The van der Waals surface area contributed by atoms with Gasteiger partial charge in [-0.15, -0.1) is 0 Å². The molecule has 0 spiro atoms. The maximum absolute atomic E-state index is 12.5. The molecule has 2 rings (SSSR count). The summed E-state index contributed by atoms with van der Waals surface area (Å²) in [6.45, 7) is 1.38. The van der Waals surface area contributed by atoms with E-state index in [0.717, 1.165) is 16.0 Å². The number of carbonyl (C=O) groups is 2. The maximum Gasteiger partial charge on any atom is 0.411 e. The van der Waals surface area contributed by atoms with Crippen LogP contribution in [0.2, 0.25) is 0 Å². The standard InChI is InChI=1S/C19H21NO5/c1-14(21)17(18(22)23)20(12-15-8-4-2-5-9-15)19(24)25-13-16-10-6-3-7-11-16/h2-11,14,17,21H,12-13H2,1H3,(H,22,23)/t14?,17-/m0/s1. The summed E-state index contributed by atoms with van der Waals surface area (Å²) in [5.74, 6) is -1.29. The maximum atomic E-state index is 12.5. The van der Waals surface area contributed by atoms with Crippen LogP contribution in [0, 0.1) is 0 Å². The Kier molecular flexibility index (Phi) is 6.54. The zero-order valence-electron chi connectivity index (χ0n) is 13.9. The fourth-order valence-corrected chi connectivity index (χ4v) is 2.46. The SMILES string of the molecule is CC(O)[C@@H](C(=O)O)N(Cc1ccccc1)C(=O)OCc1ccccc1. The van der Waals surface area contributed by atoms with Crippen molar-refractivity contribution in [1.82, 2.24) is 4.90 Å². The first kappa shape index (κ1) is 18.5. The van der Waals surface area contributed by atoms with Gasteiger partial charge in [0.1, 0.15) is 6.61 Å². The van der Waals surface area contributed by atoms with Gasteiger partial charge in [0, 0.05) is 0 Å². The largest absolute Gasteiger partial charge is 0.480 e. The number of ether oxygens (including phenoxy) is 1. The highest BCUT2D eigenvalue weighted by Gasteiger charge is 2.34. The monoisotopic (exact) mass is 343 g/mol. The summed E-state index contributed by atoms with van der Waals surface area (Å²) in [6, 6.07) is 16.7. The van der Waals surface area contributed by atoms with Gasteiger partial charge in [-0.25, -0.2) is 9.59 Å². The third-order valence-corrected chi connectivity index (χ3v) is 3.68. The lowest BCUT2D eigenvalue weighted by molar-refractivity contribution is -0.147. The van der Waals surface area contributed by atoms with Gasteiger partial charge < -0.3 is 14.9 Å². The van der Waals surface area contributed by atoms with E-state index in [-0.39, 0.29) is 13.2 Å². The van der Waals surface area contributed by atoms with E-state index in [1.807, 2.05) is 24.3 Å². The molecule has 0 radical (unpaired) electrons. The van der Waals surface area contributed by atoms with Crippen molar-refractivity contribution in [1.29, 1.82) is 0 Å². The number of nitrogens with zero attached hydrogens (tertiary/aromatic N) is 1. The van der Waals surface area contributed by atoms with Crippen molar-refractivity contribution in [2.45, 2.75) is 32.2 Å². The predicted octanol–water partition coefficient (Wildman–Crippen LogP) is 2.66. The number of aliphatic carboxylic acids is 1. The van der Waals surface area contributed by atoms with Crippen LogP contribution >= 0.6 is 0 Å². The van der Waals surface area contributed by atoms with Crippen LogP contribution in [0.1, 0.15) is 18.1 Å². The molecule has 2 atom stereocenters. The molecule has 0 aliphatic rings. The summed E-state index contributed by atoms with van der Waals surface area (Å²) in [6.07, 6.45) is -2.04. The molecule has 0 saturated carbocycles. The van der Waals surface area contributed by atoms with Crippen LogP contribution in [0.3, 0.4) is 0 Å². The van der Waals surface area contributed by atoms with Crippen molar-refractivity contribution in [3.63, 3.8) is 0 Å². The van der Waals surface area contributed by atoms with Crippen LogP contribution in [0.4, 0.5) is 4.79 Å². The van der Waals surface area contributed by atoms with Gasteiger partial charge in [-0.1, -0.05) is 60.7 Å². The second kappa shape index (κ2) is 8.84. The Labute approximate surface area is 146 Å². The number of hydrogen-bond acceptors (Lipinski definition) is 4. The van der Waals surface area contributed by atoms with E-state index in [2.05, 4.69) is 0 Å². The number of aliphatic hydroxyl groups is 1. The number of amides is 1. The van der Waals surface area contributed by atoms with E-state index in [1.165, 1.54) is 6.92 Å². The van der Waals surface area contributed by atoms with Crippen LogP contribution in [-0.2, 0) is 22.7 Å². The van der Waals surface area contributed by atoms with Crippen molar-refractivity contribution in [3.05, 3.63) is 71.8 Å². The average molecular weight is 343 g/mol. The first-order valence-corrected chi connectivity index (χ1v) is 7.91. The lowest BCUT2D eigenvalue weighted by Crippen LogP contribution is -2.50. The number of benzene rings is 2. The molecule has 6 heteroatoms. The van der Waals surface area contributed by atoms with Crippen molar-refractivity contribution in [3.8, 4) is 0 Å². The molecular formula is C19H21NO5. The zero-order chi connectivity index (χ0) is 18.2. The Morgan fingerprint density at radius 2 is 1.52 bits per heavy atom. The van der Waals surface area contributed by atoms with Crippen molar-refractivity contribution < 1.29 is 24.5 Å². The topological polar surface area (TPSA) is 87.1 Å². The fraction of sp³-hybridized carbons (Fsp3) is 0.263. The highest BCUT2D eigenvalue weighted by molar-refractivity contribution is 5.80. The van der Waals surface area contributed by atoms with Crippen LogP contribution < -0.4 is 0 Å². The number of aliphatic hydroxyl groups excluding tert-OH is 1. The minimum atomic E-state index is -1.40. The van der Waals surface area contributed by atoms with Gasteiger partial charge in [-0.3, -0.25) is 4.90 Å². The molecular weight excluding hydrogens is 322 g/mol. The van der Waals surface area contributed by atoms with E-state index < -0.39 is 24.2 Å². The molecule has 0 aliphatic carbocycles. The molecule has 1 unspecified atom stereocenters. The number of hydrogen-bond donors (Lipinski definition) is 2. The molecule has 0 bridgehead atoms. The van der Waals surface area contributed by atoms with Gasteiger partial charge in [0.05, 0.1) is 12.6 Å². The second-order valence-corrected chi connectivity index (χ2v) is 5.68. The highest BCUT2D eigenvalue weighted by Crippen LogP contribution is 2.15. The molecule has 2 N–H and O–H groups in total. The lowest BCUT2D eigenvalue weighted by atomic mass is 10.1. The van der Waals surface area contributed by atoms with E-state index >= 15 is 0 Å². The quantitative estimate of drug-likeness (QED) is 0.807. The number of carboxylic acids is 1. The molecule has 0 aliphatic heterocycles. The molecule has 2 aromatic rings. The molecule has 25 heavy (non-hydrogen) atoms. The minimum Gasteiger partial charge on any atom is -0.480 e. The van der Waals surface area contributed by atoms with Crippen molar-refractivity contribution >= 4 is 12.1 Å². The normalized spacial score (nSPS) is 12.9. The Hall–Kier alpha value is -2.86. The Balaban J connectivity index is 2.17. The van der Waals surface area contributed by atoms with Crippen LogP contribution in [-0.4, -0.2) is 39.3 Å². The third-order valence-electron chi connectivity index (χ3n) is 3.68. The summed E-state index contributed by atoms with van der Waals surface area (Å²) in [7, 11) is 0. The number of carboxylic acid groups (broad SMARTS) is 1. The van der Waals surface area contributed by atoms with Gasteiger partial charge in [-0.2, -0.15) is 0 Å². The fourth-order valence-electron chi connectivity index (χ4n) is 2.46. The predicted molar refractivity (Wildman–Crippen MR) is 91.7 cm³/mol. The Bertz CT molecular complexity index is 687. The summed E-state index contributed by atoms with van der Waals surface area (Å²) < 4.78 is 5.26. The van der Waals surface area contributed by atoms with Gasteiger partial charge in [0.15, 0.2) is 6.04 Å². The van der Waals surface area contributed by atoms with Gasteiger partial charge >= 0.3 is 12.1 Å². The molecule has 132 valence electrons. The summed E-state index contributed by atoms with van der Waals surface area (Å²) >= 11 is 0. The van der Waals surface area contributed by atoms with Gasteiger partial charge in [-0.05, 0) is 18.1 Å². The first-order valence-electron chi connectivity index (χ1n) is 7.91. The number of carbonyl (C=O) groups excluding carboxylic acids is 1. The Morgan fingerprint density at radius 1 is 1.00 bits per heavy atom. The van der Waals surface area contributed by atoms with Crippen molar-refractivity contribution in [2.75, 3.05) is 0 Å². The molecule has 2 aromatic carbocycles. The first-order chi connectivity index (χ1) is 12.0. The van der Waals surface area contributed by atoms with E-state index in [4.69, 9.17) is 4.74 Å². The second-order valence-electron chi connectivity index (χ2n) is 5.68. The summed E-state index contributed by atoms with van der Waals surface area (Å²) in [4.78, 5) is 25.1. The average Bonchev–Trinajstić information content (AvgIpc) is 2.60. The van der Waals surface area contributed by atoms with Crippen LogP contribution in [0.15, 0.2) is 60.7 Å².